The molecular weight excluding hydrogens is 646 g/mol. The van der Waals surface area contributed by atoms with E-state index in [1.807, 2.05) is 36.4 Å². The number of aromatic nitrogens is 2. The number of carboxylic acid groups (broad SMARTS) is 1. The summed E-state index contributed by atoms with van der Waals surface area (Å²) in [6.45, 7) is 0.995. The van der Waals surface area contributed by atoms with Crippen molar-refractivity contribution in [3.8, 4) is 5.88 Å². The molecule has 3 aromatic rings. The molecule has 2 atom stereocenters. The lowest BCUT2D eigenvalue weighted by Crippen LogP contribution is -2.51. The van der Waals surface area contributed by atoms with Gasteiger partial charge in [0.05, 0.1) is 12.8 Å². The predicted molar refractivity (Wildman–Crippen MR) is 178 cm³/mol. The van der Waals surface area contributed by atoms with E-state index in [1.54, 1.807) is 24.3 Å². The first-order valence-corrected chi connectivity index (χ1v) is 16.1. The number of pyridine rings is 2. The summed E-state index contributed by atoms with van der Waals surface area (Å²) in [5.41, 5.74) is 0.0401. The Morgan fingerprint density at radius 2 is 1.91 bits per heavy atom. The standard InChI is InChI=1S/C34H35Cl2FN6O4/c1-47-30-23(18-38-20-24-10-12-27(44)41-24)9-11-26(42-30)33(14-5-8-25(34(33,35)36)21-6-3-2-4-7-21)43-29-28(37)22(13-17-39-29)19-40-32(15-16-32)31(45)46/h2-9,11,13-14,17,24,38,40H,10,12,15-16,18-20H2,1H3,(H,39,43)(H,41,44)(H,45,46)/t24?,33-/m0/s1. The van der Waals surface area contributed by atoms with E-state index >= 15 is 4.39 Å². The van der Waals surface area contributed by atoms with Crippen molar-refractivity contribution in [2.75, 3.05) is 19.0 Å². The van der Waals surface area contributed by atoms with E-state index in [-0.39, 0.29) is 29.9 Å². The van der Waals surface area contributed by atoms with Gasteiger partial charge in [-0.3, -0.25) is 14.9 Å². The van der Waals surface area contributed by atoms with Crippen LogP contribution in [0.2, 0.25) is 0 Å². The number of ether oxygens (including phenoxy) is 1. The average Bonchev–Trinajstić information content (AvgIpc) is 3.76. The van der Waals surface area contributed by atoms with E-state index in [0.717, 1.165) is 17.5 Å². The topological polar surface area (TPSA) is 138 Å². The minimum Gasteiger partial charge on any atom is -0.481 e. The van der Waals surface area contributed by atoms with Gasteiger partial charge in [-0.2, -0.15) is 0 Å². The fourth-order valence-electron chi connectivity index (χ4n) is 6.00. The van der Waals surface area contributed by atoms with E-state index < -0.39 is 27.2 Å². The molecule has 0 radical (unpaired) electrons. The van der Waals surface area contributed by atoms with Crippen molar-refractivity contribution in [3.05, 3.63) is 101 Å². The maximum atomic E-state index is 16.2. The van der Waals surface area contributed by atoms with Crippen molar-refractivity contribution in [2.24, 2.45) is 0 Å². The number of halogens is 3. The Hall–Kier alpha value is -4.03. The summed E-state index contributed by atoms with van der Waals surface area (Å²) in [7, 11) is 1.51. The van der Waals surface area contributed by atoms with Gasteiger partial charge in [0, 0.05) is 49.4 Å². The number of aliphatic carboxylic acids is 1. The van der Waals surface area contributed by atoms with Crippen LogP contribution in [0.25, 0.3) is 5.57 Å². The van der Waals surface area contributed by atoms with Crippen LogP contribution in [0.1, 0.15) is 48.1 Å². The molecular formula is C34H35Cl2FN6O4. The summed E-state index contributed by atoms with van der Waals surface area (Å²) in [5.74, 6) is -1.42. The number of amides is 1. The normalized spacial score (nSPS) is 22.3. The summed E-state index contributed by atoms with van der Waals surface area (Å²) in [5, 5.41) is 22.0. The van der Waals surface area contributed by atoms with Gasteiger partial charge in [0.2, 0.25) is 11.8 Å². The number of benzene rings is 1. The number of methoxy groups -OCH3 is 1. The van der Waals surface area contributed by atoms with E-state index in [2.05, 4.69) is 26.3 Å². The van der Waals surface area contributed by atoms with Crippen LogP contribution in [0.3, 0.4) is 0 Å². The molecule has 2 aromatic heterocycles. The highest BCUT2D eigenvalue weighted by molar-refractivity contribution is 6.55. The summed E-state index contributed by atoms with van der Waals surface area (Å²) in [4.78, 5) is 32.4. The van der Waals surface area contributed by atoms with Gasteiger partial charge in [0.15, 0.2) is 16.0 Å². The van der Waals surface area contributed by atoms with Crippen molar-refractivity contribution < 1.29 is 23.8 Å². The zero-order valence-corrected chi connectivity index (χ0v) is 27.2. The van der Waals surface area contributed by atoms with Crippen LogP contribution in [0.4, 0.5) is 10.2 Å². The SMILES string of the molecule is COc1nc([C@@]2(Nc3nccc(CNC4(C(=O)O)CC4)c3F)C=CC=C(c3ccccc3)C2(Cl)Cl)ccc1CNCC1CCC(=O)N1. The smallest absolute Gasteiger partial charge is 0.323 e. The Bertz CT molecular complexity index is 1730. The first kappa shape index (κ1) is 32.9. The van der Waals surface area contributed by atoms with Gasteiger partial charge in [-0.25, -0.2) is 14.4 Å². The third kappa shape index (κ3) is 6.45. The summed E-state index contributed by atoms with van der Waals surface area (Å²) in [6, 6.07) is 14.5. The highest BCUT2D eigenvalue weighted by Crippen LogP contribution is 2.54. The molecule has 2 aliphatic carbocycles. The molecule has 2 fully saturated rings. The molecule has 0 spiro atoms. The van der Waals surface area contributed by atoms with Crippen LogP contribution in [0, 0.1) is 5.82 Å². The lowest BCUT2D eigenvalue weighted by Gasteiger charge is -2.44. The van der Waals surface area contributed by atoms with Crippen molar-refractivity contribution in [1.29, 1.82) is 0 Å². The van der Waals surface area contributed by atoms with Gasteiger partial charge in [-0.1, -0.05) is 71.8 Å². The molecule has 0 bridgehead atoms. The molecule has 3 heterocycles. The molecule has 6 rings (SSSR count). The zero-order valence-electron chi connectivity index (χ0n) is 25.7. The molecule has 1 saturated heterocycles. The van der Waals surface area contributed by atoms with Gasteiger partial charge in [0.25, 0.3) is 0 Å². The third-order valence-corrected chi connectivity index (χ3v) is 9.92. The predicted octanol–water partition coefficient (Wildman–Crippen LogP) is 4.83. The molecule has 1 aliphatic heterocycles. The number of nitrogens with one attached hydrogen (secondary N) is 4. The zero-order chi connectivity index (χ0) is 33.2. The number of anilines is 1. The Morgan fingerprint density at radius 1 is 1.13 bits per heavy atom. The van der Waals surface area contributed by atoms with Crippen LogP contribution in [-0.4, -0.2) is 56.5 Å². The van der Waals surface area contributed by atoms with Crippen molar-refractivity contribution in [1.82, 2.24) is 25.9 Å². The largest absolute Gasteiger partial charge is 0.481 e. The number of nitrogens with zero attached hydrogens (tertiary/aromatic N) is 2. The first-order valence-electron chi connectivity index (χ1n) is 15.4. The maximum absolute atomic E-state index is 16.2. The van der Waals surface area contributed by atoms with Gasteiger partial charge >= 0.3 is 5.97 Å². The summed E-state index contributed by atoms with van der Waals surface area (Å²) < 4.78 is 20.1. The van der Waals surface area contributed by atoms with Crippen molar-refractivity contribution in [3.63, 3.8) is 0 Å². The van der Waals surface area contributed by atoms with Crippen molar-refractivity contribution >= 4 is 46.5 Å². The summed E-state index contributed by atoms with van der Waals surface area (Å²) >= 11 is 14.7. The van der Waals surface area contributed by atoms with Gasteiger partial charge in [0.1, 0.15) is 11.1 Å². The Labute approximate surface area is 281 Å². The van der Waals surface area contributed by atoms with Crippen molar-refractivity contribution in [2.45, 2.75) is 60.2 Å². The van der Waals surface area contributed by atoms with E-state index in [9.17, 15) is 14.7 Å². The Morgan fingerprint density at radius 3 is 2.60 bits per heavy atom. The van der Waals surface area contributed by atoms with Crippen LogP contribution >= 0.6 is 23.2 Å². The number of hydrogen-bond donors (Lipinski definition) is 5. The second kappa shape index (κ2) is 13.2. The average molecular weight is 682 g/mol. The molecule has 47 heavy (non-hydrogen) atoms. The fraction of sp³-hybridized carbons (Fsp3) is 0.353. The maximum Gasteiger partial charge on any atom is 0.323 e. The minimum atomic E-state index is -1.74. The Balaban J connectivity index is 1.35. The quantitative estimate of drug-likeness (QED) is 0.161. The summed E-state index contributed by atoms with van der Waals surface area (Å²) in [6.07, 6.45) is 8.98. The number of carbonyl (C=O) groups is 2. The molecule has 1 unspecified atom stereocenters. The highest BCUT2D eigenvalue weighted by Gasteiger charge is 2.55. The monoisotopic (exact) mass is 680 g/mol. The van der Waals surface area contributed by atoms with Crippen LogP contribution in [0.15, 0.2) is 73.0 Å². The number of rotatable bonds is 13. The minimum absolute atomic E-state index is 0.0153. The molecule has 3 aliphatic rings. The Kier molecular flexibility index (Phi) is 9.26. The second-order valence-electron chi connectivity index (χ2n) is 12.0. The fourth-order valence-corrected chi connectivity index (χ4v) is 6.76. The third-order valence-electron chi connectivity index (χ3n) is 8.92. The lowest BCUT2D eigenvalue weighted by molar-refractivity contribution is -0.140. The van der Waals surface area contributed by atoms with Crippen LogP contribution in [0.5, 0.6) is 5.88 Å². The molecule has 1 aromatic carbocycles. The highest BCUT2D eigenvalue weighted by atomic mass is 35.5. The van der Waals surface area contributed by atoms with Crippen LogP contribution in [-0.2, 0) is 28.2 Å². The van der Waals surface area contributed by atoms with Gasteiger partial charge in [-0.05, 0) is 48.6 Å². The van der Waals surface area contributed by atoms with Gasteiger partial charge < -0.3 is 25.8 Å². The molecule has 10 nitrogen and oxygen atoms in total. The number of allylic oxidation sites excluding steroid dienone is 2. The van der Waals surface area contributed by atoms with Crippen LogP contribution < -0.4 is 26.0 Å². The molecule has 1 amide bonds. The number of alkyl halides is 2. The molecule has 5 N–H and O–H groups in total. The van der Waals surface area contributed by atoms with E-state index in [4.69, 9.17) is 32.9 Å². The van der Waals surface area contributed by atoms with Gasteiger partial charge in [-0.15, -0.1) is 0 Å². The molecule has 1 saturated carbocycles. The number of carbonyl (C=O) groups excluding carboxylic acids is 1. The first-order chi connectivity index (χ1) is 22.6. The number of carboxylic acids is 1. The van der Waals surface area contributed by atoms with E-state index in [0.29, 0.717) is 49.5 Å². The number of hydrogen-bond acceptors (Lipinski definition) is 8. The lowest BCUT2D eigenvalue weighted by atomic mass is 9.79. The molecule has 13 heteroatoms. The molecule has 246 valence electrons. The van der Waals surface area contributed by atoms with E-state index in [1.165, 1.54) is 19.4 Å². The second-order valence-corrected chi connectivity index (χ2v) is 13.3.